The number of thiazole rings is 1. The van der Waals surface area contributed by atoms with E-state index in [0.29, 0.717) is 17.4 Å². The summed E-state index contributed by atoms with van der Waals surface area (Å²) >= 11 is 1.63. The van der Waals surface area contributed by atoms with E-state index in [1.54, 1.807) is 16.2 Å². The molecule has 118 valence electrons. The van der Waals surface area contributed by atoms with E-state index >= 15 is 0 Å². The molecule has 0 aliphatic carbocycles. The van der Waals surface area contributed by atoms with Crippen LogP contribution in [0, 0.1) is 6.92 Å². The quantitative estimate of drug-likeness (QED) is 0.940. The molecule has 1 fully saturated rings. The van der Waals surface area contributed by atoms with E-state index < -0.39 is 0 Å². The predicted molar refractivity (Wildman–Crippen MR) is 87.8 cm³/mol. The maximum absolute atomic E-state index is 5.82. The van der Waals surface area contributed by atoms with Crippen LogP contribution >= 0.6 is 11.3 Å². The van der Waals surface area contributed by atoms with Crippen molar-refractivity contribution >= 4 is 11.3 Å². The largest absolute Gasteiger partial charge is 0.431 e. The highest BCUT2D eigenvalue weighted by Crippen LogP contribution is 2.26. The van der Waals surface area contributed by atoms with E-state index in [4.69, 9.17) is 9.47 Å². The monoisotopic (exact) mass is 319 g/mol. The second-order valence-electron chi connectivity index (χ2n) is 6.10. The molecule has 5 heteroatoms. The molecule has 22 heavy (non-hydrogen) atoms. The number of benzene rings is 1. The summed E-state index contributed by atoms with van der Waals surface area (Å²) in [5.74, 6) is 0.840. The van der Waals surface area contributed by atoms with Crippen LogP contribution in [0.2, 0.25) is 0 Å². The lowest BCUT2D eigenvalue weighted by molar-refractivity contribution is -0.928. The Morgan fingerprint density at radius 3 is 2.59 bits per heavy atom. The van der Waals surface area contributed by atoms with Gasteiger partial charge in [-0.05, 0) is 32.9 Å². The smallest absolute Gasteiger partial charge is 0.279 e. The van der Waals surface area contributed by atoms with E-state index in [2.05, 4.69) is 25.8 Å². The van der Waals surface area contributed by atoms with E-state index in [9.17, 15) is 0 Å². The van der Waals surface area contributed by atoms with E-state index in [1.807, 2.05) is 30.5 Å². The van der Waals surface area contributed by atoms with Crippen LogP contribution in [0.1, 0.15) is 24.3 Å². The Kier molecular flexibility index (Phi) is 4.76. The number of morpholine rings is 1. The van der Waals surface area contributed by atoms with Gasteiger partial charge in [0.2, 0.25) is 0 Å². The fraction of sp³-hybridized carbons (Fsp3) is 0.471. The normalized spacial score (nSPS) is 25.1. The number of aromatic nitrogens is 1. The Hall–Kier alpha value is -1.43. The molecule has 3 rings (SSSR count). The van der Waals surface area contributed by atoms with Gasteiger partial charge in [0.05, 0.1) is 11.1 Å². The number of hydrogen-bond donors (Lipinski definition) is 1. The standard InChI is InChI=1S/C17H22N2O2S/c1-12-4-6-15(7-5-12)21-17-18-8-16(22-17)11-19-9-13(2)20-14(3)10-19/h4-8,13-14H,9-11H2,1-3H3/p+1/t13-,14-/m1/s1. The third-order valence-electron chi connectivity index (χ3n) is 3.80. The van der Waals surface area contributed by atoms with E-state index in [-0.39, 0.29) is 0 Å². The zero-order valence-electron chi connectivity index (χ0n) is 13.3. The van der Waals surface area contributed by atoms with Gasteiger partial charge in [0.15, 0.2) is 0 Å². The summed E-state index contributed by atoms with van der Waals surface area (Å²) in [6, 6.07) is 8.05. The minimum atomic E-state index is 0.329. The van der Waals surface area contributed by atoms with Crippen LogP contribution in [0.3, 0.4) is 0 Å². The lowest BCUT2D eigenvalue weighted by atomic mass is 10.2. The highest BCUT2D eigenvalue weighted by Gasteiger charge is 2.26. The molecule has 0 unspecified atom stereocenters. The molecule has 2 heterocycles. The summed E-state index contributed by atoms with van der Waals surface area (Å²) < 4.78 is 11.6. The van der Waals surface area contributed by atoms with Crippen molar-refractivity contribution in [2.75, 3.05) is 13.1 Å². The third-order valence-corrected chi connectivity index (χ3v) is 4.67. The maximum atomic E-state index is 5.82. The number of aryl methyl sites for hydroxylation is 1. The molecule has 0 saturated carbocycles. The average molecular weight is 319 g/mol. The molecule has 0 spiro atoms. The second-order valence-corrected chi connectivity index (χ2v) is 7.18. The van der Waals surface area contributed by atoms with Crippen LogP contribution in [0.25, 0.3) is 0 Å². The molecular weight excluding hydrogens is 296 g/mol. The van der Waals surface area contributed by atoms with Crippen LogP contribution in [0.5, 0.6) is 10.9 Å². The van der Waals surface area contributed by atoms with Crippen molar-refractivity contribution in [1.29, 1.82) is 0 Å². The Labute approximate surface area is 135 Å². The molecule has 0 bridgehead atoms. The molecular formula is C17H23N2O2S+. The molecule has 0 radical (unpaired) electrons. The van der Waals surface area contributed by atoms with Gasteiger partial charge in [-0.1, -0.05) is 29.0 Å². The molecule has 4 nitrogen and oxygen atoms in total. The van der Waals surface area contributed by atoms with Gasteiger partial charge in [-0.15, -0.1) is 0 Å². The van der Waals surface area contributed by atoms with Crippen LogP contribution in [-0.4, -0.2) is 30.3 Å². The Morgan fingerprint density at radius 1 is 1.23 bits per heavy atom. The summed E-state index contributed by atoms with van der Waals surface area (Å²) in [5.41, 5.74) is 1.23. The summed E-state index contributed by atoms with van der Waals surface area (Å²) in [5, 5.41) is 0.715. The molecule has 1 aliphatic rings. The Morgan fingerprint density at radius 2 is 1.91 bits per heavy atom. The highest BCUT2D eigenvalue weighted by atomic mass is 32.1. The first-order chi connectivity index (χ1) is 10.6. The van der Waals surface area contributed by atoms with Crippen molar-refractivity contribution in [2.45, 2.75) is 39.5 Å². The predicted octanol–water partition coefficient (Wildman–Crippen LogP) is 2.44. The third kappa shape index (κ3) is 4.06. The molecule has 1 N–H and O–H groups in total. The number of quaternary nitrogens is 1. The fourth-order valence-corrected chi connectivity index (χ4v) is 3.75. The van der Waals surface area contributed by atoms with E-state index in [0.717, 1.165) is 25.4 Å². The minimum absolute atomic E-state index is 0.329. The number of rotatable bonds is 4. The molecule has 1 aromatic heterocycles. The topological polar surface area (TPSA) is 35.8 Å². The summed E-state index contributed by atoms with van der Waals surface area (Å²) in [6.45, 7) is 9.46. The number of nitrogens with one attached hydrogen (secondary N) is 1. The lowest BCUT2D eigenvalue weighted by Crippen LogP contribution is -3.14. The Bertz CT molecular complexity index is 601. The summed E-state index contributed by atoms with van der Waals surface area (Å²) in [6.07, 6.45) is 2.59. The zero-order valence-corrected chi connectivity index (χ0v) is 14.2. The van der Waals surface area contributed by atoms with Crippen LogP contribution < -0.4 is 9.64 Å². The lowest BCUT2D eigenvalue weighted by Gasteiger charge is -2.32. The summed E-state index contributed by atoms with van der Waals surface area (Å²) in [4.78, 5) is 7.20. The molecule has 1 aliphatic heterocycles. The number of ether oxygens (including phenoxy) is 2. The average Bonchev–Trinajstić information content (AvgIpc) is 2.87. The zero-order chi connectivity index (χ0) is 15.5. The molecule has 2 atom stereocenters. The molecule has 1 aromatic carbocycles. The van der Waals surface area contributed by atoms with Crippen molar-refractivity contribution in [2.24, 2.45) is 0 Å². The first kappa shape index (κ1) is 15.5. The SMILES string of the molecule is Cc1ccc(Oc2ncc(C[NH+]3C[C@@H](C)O[C@H](C)C3)s2)cc1. The van der Waals surface area contributed by atoms with Gasteiger partial charge in [-0.2, -0.15) is 0 Å². The fourth-order valence-electron chi connectivity index (χ4n) is 2.91. The van der Waals surface area contributed by atoms with Crippen LogP contribution in [0.4, 0.5) is 0 Å². The first-order valence-electron chi connectivity index (χ1n) is 7.77. The van der Waals surface area contributed by atoms with Crippen LogP contribution in [0.15, 0.2) is 30.5 Å². The second kappa shape index (κ2) is 6.77. The van der Waals surface area contributed by atoms with Crippen molar-refractivity contribution in [3.8, 4) is 10.9 Å². The van der Waals surface area contributed by atoms with E-state index in [1.165, 1.54) is 10.4 Å². The van der Waals surface area contributed by atoms with Crippen molar-refractivity contribution < 1.29 is 14.4 Å². The molecule has 0 amide bonds. The number of hydrogen-bond acceptors (Lipinski definition) is 4. The van der Waals surface area contributed by atoms with Gasteiger partial charge >= 0.3 is 0 Å². The van der Waals surface area contributed by atoms with Gasteiger partial charge in [0.1, 0.15) is 37.6 Å². The van der Waals surface area contributed by atoms with Crippen molar-refractivity contribution in [3.05, 3.63) is 40.9 Å². The van der Waals surface area contributed by atoms with Crippen molar-refractivity contribution in [3.63, 3.8) is 0 Å². The number of nitrogens with zero attached hydrogens (tertiary/aromatic N) is 1. The molecule has 1 saturated heterocycles. The van der Waals surface area contributed by atoms with Crippen LogP contribution in [-0.2, 0) is 11.3 Å². The first-order valence-corrected chi connectivity index (χ1v) is 8.58. The van der Waals surface area contributed by atoms with Gasteiger partial charge in [-0.25, -0.2) is 4.98 Å². The Balaban J connectivity index is 1.60. The summed E-state index contributed by atoms with van der Waals surface area (Å²) in [7, 11) is 0. The van der Waals surface area contributed by atoms with Crippen molar-refractivity contribution in [1.82, 2.24) is 4.98 Å². The van der Waals surface area contributed by atoms with Gasteiger partial charge in [-0.3, -0.25) is 0 Å². The van der Waals surface area contributed by atoms with Gasteiger partial charge < -0.3 is 14.4 Å². The highest BCUT2D eigenvalue weighted by molar-refractivity contribution is 7.13. The van der Waals surface area contributed by atoms with Gasteiger partial charge in [0.25, 0.3) is 5.19 Å². The van der Waals surface area contributed by atoms with Gasteiger partial charge in [0, 0.05) is 0 Å². The molecule has 2 aromatic rings. The minimum Gasteiger partial charge on any atom is -0.431 e. The maximum Gasteiger partial charge on any atom is 0.279 e.